The minimum absolute atomic E-state index is 0.0910. The maximum absolute atomic E-state index is 11.3. The number of nitrogens with zero attached hydrogens (tertiary/aromatic N) is 2. The van der Waals surface area contributed by atoms with Crippen LogP contribution in [-0.2, 0) is 4.79 Å². The highest BCUT2D eigenvalue weighted by Gasteiger charge is 2.05. The number of nitrogens with one attached hydrogen (secondary N) is 2. The molecular weight excluding hydrogens is 268 g/mol. The van der Waals surface area contributed by atoms with E-state index in [1.807, 2.05) is 31.2 Å². The fourth-order valence-corrected chi connectivity index (χ4v) is 1.69. The summed E-state index contributed by atoms with van der Waals surface area (Å²) in [7, 11) is 0. The van der Waals surface area contributed by atoms with Crippen LogP contribution in [0.3, 0.4) is 0 Å². The third-order valence-electron chi connectivity index (χ3n) is 2.70. The lowest BCUT2D eigenvalue weighted by Crippen LogP contribution is -2.11. The van der Waals surface area contributed by atoms with E-state index in [0.717, 1.165) is 11.4 Å². The van der Waals surface area contributed by atoms with Gasteiger partial charge in [0.1, 0.15) is 5.75 Å². The number of carbonyl (C=O) groups excluding carboxylic acids is 1. The maximum Gasteiger partial charge on any atom is 0.225 e. The van der Waals surface area contributed by atoms with Crippen molar-refractivity contribution in [1.82, 2.24) is 10.2 Å². The van der Waals surface area contributed by atoms with E-state index in [2.05, 4.69) is 20.8 Å². The molecule has 1 aromatic heterocycles. The van der Waals surface area contributed by atoms with E-state index in [4.69, 9.17) is 4.74 Å². The normalized spacial score (nSPS) is 10.0. The van der Waals surface area contributed by atoms with Gasteiger partial charge in [-0.1, -0.05) is 19.1 Å². The molecule has 0 aliphatic carbocycles. The van der Waals surface area contributed by atoms with E-state index in [0.29, 0.717) is 24.7 Å². The summed E-state index contributed by atoms with van der Waals surface area (Å²) in [6.45, 7) is 4.30. The summed E-state index contributed by atoms with van der Waals surface area (Å²) >= 11 is 0. The van der Waals surface area contributed by atoms with E-state index < -0.39 is 0 Å². The van der Waals surface area contributed by atoms with Crippen molar-refractivity contribution in [3.8, 4) is 5.75 Å². The Kier molecular flexibility index (Phi) is 5.09. The van der Waals surface area contributed by atoms with Crippen molar-refractivity contribution in [1.29, 1.82) is 0 Å². The number of para-hydroxylation sites is 2. The number of anilines is 3. The van der Waals surface area contributed by atoms with Gasteiger partial charge in [0.15, 0.2) is 11.6 Å². The summed E-state index contributed by atoms with van der Waals surface area (Å²) in [4.78, 5) is 11.3. The highest BCUT2D eigenvalue weighted by Crippen LogP contribution is 2.26. The van der Waals surface area contributed by atoms with E-state index in [9.17, 15) is 4.79 Å². The van der Waals surface area contributed by atoms with Crippen molar-refractivity contribution < 1.29 is 9.53 Å². The van der Waals surface area contributed by atoms with Gasteiger partial charge >= 0.3 is 0 Å². The molecule has 1 aromatic carbocycles. The molecule has 2 aromatic rings. The second-order valence-corrected chi connectivity index (χ2v) is 4.26. The molecule has 0 spiro atoms. The van der Waals surface area contributed by atoms with Gasteiger partial charge in [0.05, 0.1) is 12.3 Å². The summed E-state index contributed by atoms with van der Waals surface area (Å²) in [5, 5.41) is 13.8. The minimum atomic E-state index is -0.0910. The number of carbonyl (C=O) groups is 1. The Bertz CT molecular complexity index is 599. The number of aromatic nitrogens is 2. The molecule has 0 radical (unpaired) electrons. The topological polar surface area (TPSA) is 76.1 Å². The lowest BCUT2D eigenvalue weighted by molar-refractivity contribution is -0.115. The van der Waals surface area contributed by atoms with Gasteiger partial charge in [-0.15, -0.1) is 10.2 Å². The molecule has 0 aliphatic heterocycles. The van der Waals surface area contributed by atoms with Crippen molar-refractivity contribution in [2.75, 3.05) is 17.2 Å². The molecule has 1 heterocycles. The van der Waals surface area contributed by atoms with Crippen LogP contribution in [0, 0.1) is 0 Å². The van der Waals surface area contributed by atoms with Crippen LogP contribution < -0.4 is 15.4 Å². The predicted molar refractivity (Wildman–Crippen MR) is 81.8 cm³/mol. The Morgan fingerprint density at radius 3 is 2.48 bits per heavy atom. The van der Waals surface area contributed by atoms with Gasteiger partial charge in [-0.05, 0) is 31.2 Å². The van der Waals surface area contributed by atoms with E-state index in [1.54, 1.807) is 19.1 Å². The third kappa shape index (κ3) is 4.17. The van der Waals surface area contributed by atoms with Crippen molar-refractivity contribution in [2.24, 2.45) is 0 Å². The quantitative estimate of drug-likeness (QED) is 0.853. The highest BCUT2D eigenvalue weighted by molar-refractivity contribution is 5.89. The van der Waals surface area contributed by atoms with Crippen molar-refractivity contribution in [3.63, 3.8) is 0 Å². The third-order valence-corrected chi connectivity index (χ3v) is 2.70. The number of hydrogen-bond acceptors (Lipinski definition) is 5. The predicted octanol–water partition coefficient (Wildman–Crippen LogP) is 2.97. The van der Waals surface area contributed by atoms with Crippen molar-refractivity contribution >= 4 is 23.2 Å². The zero-order valence-electron chi connectivity index (χ0n) is 12.1. The molecular formula is C15H18N4O2. The molecule has 2 rings (SSSR count). The number of benzene rings is 1. The van der Waals surface area contributed by atoms with Crippen molar-refractivity contribution in [3.05, 3.63) is 36.4 Å². The van der Waals surface area contributed by atoms with Crippen LogP contribution in [-0.4, -0.2) is 22.7 Å². The van der Waals surface area contributed by atoms with Crippen molar-refractivity contribution in [2.45, 2.75) is 20.3 Å². The van der Waals surface area contributed by atoms with Gasteiger partial charge < -0.3 is 15.4 Å². The molecule has 6 nitrogen and oxygen atoms in total. The second kappa shape index (κ2) is 7.23. The summed E-state index contributed by atoms with van der Waals surface area (Å²) < 4.78 is 5.53. The number of ether oxygens (including phenoxy) is 1. The standard InChI is InChI=1S/C15H18N4O2/c1-3-15(20)17-14-10-9-13(18-19-14)16-11-7-5-6-8-12(11)21-4-2/h5-10H,3-4H2,1-2H3,(H,16,18)(H,17,19,20). The van der Waals surface area contributed by atoms with Gasteiger partial charge in [0.2, 0.25) is 5.91 Å². The van der Waals surface area contributed by atoms with Gasteiger partial charge in [-0.3, -0.25) is 4.79 Å². The summed E-state index contributed by atoms with van der Waals surface area (Å²) in [6.07, 6.45) is 0.406. The Labute approximate surface area is 123 Å². The smallest absolute Gasteiger partial charge is 0.225 e. The lowest BCUT2D eigenvalue weighted by Gasteiger charge is -2.11. The summed E-state index contributed by atoms with van der Waals surface area (Å²) in [5.41, 5.74) is 0.819. The molecule has 0 atom stereocenters. The Morgan fingerprint density at radius 1 is 1.10 bits per heavy atom. The first-order chi connectivity index (χ1) is 10.2. The monoisotopic (exact) mass is 286 g/mol. The molecule has 0 unspecified atom stereocenters. The molecule has 0 saturated carbocycles. The molecule has 0 bridgehead atoms. The van der Waals surface area contributed by atoms with Crippen LogP contribution >= 0.6 is 0 Å². The summed E-state index contributed by atoms with van der Waals surface area (Å²) in [5.74, 6) is 1.68. The number of rotatable bonds is 6. The minimum Gasteiger partial charge on any atom is -0.492 e. The molecule has 1 amide bonds. The SMILES string of the molecule is CCOc1ccccc1Nc1ccc(NC(=O)CC)nn1. The second-order valence-electron chi connectivity index (χ2n) is 4.26. The molecule has 2 N–H and O–H groups in total. The average Bonchev–Trinajstić information content (AvgIpc) is 2.51. The first-order valence-electron chi connectivity index (χ1n) is 6.85. The molecule has 0 aliphatic rings. The van der Waals surface area contributed by atoms with Gasteiger partial charge in [0.25, 0.3) is 0 Å². The zero-order chi connectivity index (χ0) is 15.1. The van der Waals surface area contributed by atoms with E-state index in [-0.39, 0.29) is 5.91 Å². The maximum atomic E-state index is 11.3. The Hall–Kier alpha value is -2.63. The largest absolute Gasteiger partial charge is 0.492 e. The van der Waals surface area contributed by atoms with Gasteiger partial charge in [0, 0.05) is 6.42 Å². The average molecular weight is 286 g/mol. The number of amides is 1. The summed E-state index contributed by atoms with van der Waals surface area (Å²) in [6, 6.07) is 11.1. The molecule has 6 heteroatoms. The van der Waals surface area contributed by atoms with Crippen LogP contribution in [0.5, 0.6) is 5.75 Å². The zero-order valence-corrected chi connectivity index (χ0v) is 12.1. The van der Waals surface area contributed by atoms with Crippen LogP contribution in [0.2, 0.25) is 0 Å². The molecule has 21 heavy (non-hydrogen) atoms. The molecule has 110 valence electrons. The Balaban J connectivity index is 2.08. The fourth-order valence-electron chi connectivity index (χ4n) is 1.69. The van der Waals surface area contributed by atoms with E-state index >= 15 is 0 Å². The molecule has 0 saturated heterocycles. The first kappa shape index (κ1) is 14.8. The lowest BCUT2D eigenvalue weighted by atomic mass is 10.3. The van der Waals surface area contributed by atoms with Crippen LogP contribution in [0.25, 0.3) is 0 Å². The van der Waals surface area contributed by atoms with Gasteiger partial charge in [-0.2, -0.15) is 0 Å². The van der Waals surface area contributed by atoms with Gasteiger partial charge in [-0.25, -0.2) is 0 Å². The molecule has 0 fully saturated rings. The van der Waals surface area contributed by atoms with Crippen LogP contribution in [0.15, 0.2) is 36.4 Å². The number of hydrogen-bond donors (Lipinski definition) is 2. The fraction of sp³-hybridized carbons (Fsp3) is 0.267. The van der Waals surface area contributed by atoms with Crippen LogP contribution in [0.4, 0.5) is 17.3 Å². The highest BCUT2D eigenvalue weighted by atomic mass is 16.5. The Morgan fingerprint density at radius 2 is 1.81 bits per heavy atom. The van der Waals surface area contributed by atoms with E-state index in [1.165, 1.54) is 0 Å². The first-order valence-corrected chi connectivity index (χ1v) is 6.85. The van der Waals surface area contributed by atoms with Crippen LogP contribution in [0.1, 0.15) is 20.3 Å².